The number of hydrogen-bond acceptors (Lipinski definition) is 3. The van der Waals surface area contributed by atoms with Gasteiger partial charge in [0.25, 0.3) is 0 Å². The summed E-state index contributed by atoms with van der Waals surface area (Å²) in [6.45, 7) is 0. The number of aryl methyl sites for hydroxylation is 1. The van der Waals surface area contributed by atoms with Crippen molar-refractivity contribution in [3.05, 3.63) is 83.4 Å². The van der Waals surface area contributed by atoms with Crippen molar-refractivity contribution in [2.75, 3.05) is 0 Å². The number of para-hydroxylation sites is 1. The first-order chi connectivity index (χ1) is 13.0. The third-order valence-electron chi connectivity index (χ3n) is 3.99. The Bertz CT molecular complexity index is 1070. The zero-order valence-corrected chi connectivity index (χ0v) is 18.5. The zero-order chi connectivity index (χ0) is 19.4. The molecule has 0 aliphatic heterocycles. The first kappa shape index (κ1) is 22.3. The van der Waals surface area contributed by atoms with E-state index < -0.39 is 5.82 Å². The van der Waals surface area contributed by atoms with Gasteiger partial charge >= 0.3 is 0 Å². The third-order valence-corrected chi connectivity index (χ3v) is 4.30. The molecule has 0 saturated carbocycles. The van der Waals surface area contributed by atoms with Crippen LogP contribution >= 0.6 is 11.6 Å². The van der Waals surface area contributed by atoms with Crippen molar-refractivity contribution in [3.8, 4) is 16.9 Å². The van der Waals surface area contributed by atoms with Crippen molar-refractivity contribution in [1.82, 2.24) is 9.78 Å². The molecule has 0 unspecified atom stereocenters. The van der Waals surface area contributed by atoms with Crippen LogP contribution in [0.1, 0.15) is 0 Å². The maximum Gasteiger partial charge on any atom is 0.165 e. The molecule has 3 aromatic carbocycles. The van der Waals surface area contributed by atoms with Gasteiger partial charge in [-0.05, 0) is 29.8 Å². The number of nitrogens with one attached hydrogen (secondary N) is 1. The van der Waals surface area contributed by atoms with Gasteiger partial charge in [0.2, 0.25) is 0 Å². The largest absolute Gasteiger partial charge is 0.696 e. The number of halogens is 2. The molecule has 0 amide bonds. The molecule has 1 aromatic heterocycles. The van der Waals surface area contributed by atoms with E-state index in [-0.39, 0.29) is 38.4 Å². The van der Waals surface area contributed by atoms with Crippen LogP contribution in [0.5, 0.6) is 5.75 Å². The summed E-state index contributed by atoms with van der Waals surface area (Å²) >= 11 is 6.13. The van der Waals surface area contributed by atoms with Crippen molar-refractivity contribution in [1.29, 1.82) is 0 Å². The van der Waals surface area contributed by atoms with Crippen LogP contribution < -0.4 is 4.89 Å². The Kier molecular flexibility index (Phi) is 7.95. The Morgan fingerprint density at radius 2 is 1.79 bits per heavy atom. The standard InChI is InChI=1S/C14H10ClFN3.C6H6O2.Y/c1-19-14-4-2-3-8(10(14)7-18-19)9-5-12(16)13(17)6-11(9)15;7-8-6-4-2-1-3-5-6;/h2-7,17H,1H3;1-5,7H;/q-1;;. The normalized spacial score (nSPS) is 10.0. The van der Waals surface area contributed by atoms with Gasteiger partial charge in [0.15, 0.2) is 5.75 Å². The topological polar surface area (TPSA) is 71.1 Å². The monoisotopic (exact) mass is 473 g/mol. The molecule has 1 heterocycles. The van der Waals surface area contributed by atoms with Gasteiger partial charge in [-0.3, -0.25) is 4.68 Å². The molecule has 0 aliphatic rings. The van der Waals surface area contributed by atoms with Crippen molar-refractivity contribution in [3.63, 3.8) is 0 Å². The maximum absolute atomic E-state index is 13.6. The van der Waals surface area contributed by atoms with Gasteiger partial charge in [-0.15, -0.1) is 5.69 Å². The number of hydrogen-bond donors (Lipinski definition) is 1. The van der Waals surface area contributed by atoms with Crippen LogP contribution in [0, 0.1) is 5.82 Å². The third kappa shape index (κ3) is 4.89. The van der Waals surface area contributed by atoms with Gasteiger partial charge in [0.05, 0.1) is 11.7 Å². The van der Waals surface area contributed by atoms with E-state index in [4.69, 9.17) is 22.6 Å². The van der Waals surface area contributed by atoms with Gasteiger partial charge in [-0.2, -0.15) is 5.10 Å². The number of fused-ring (bicyclic) bond motifs is 1. The Hall–Kier alpha value is -1.99. The van der Waals surface area contributed by atoms with E-state index in [0.717, 1.165) is 16.5 Å². The van der Waals surface area contributed by atoms with Gasteiger partial charge in [-0.1, -0.05) is 48.0 Å². The molecule has 4 rings (SSSR count). The molecule has 0 bridgehead atoms. The summed E-state index contributed by atoms with van der Waals surface area (Å²) in [5.74, 6) is -0.118. The van der Waals surface area contributed by atoms with E-state index >= 15 is 0 Å². The molecular formula is C20H16ClFN3O2Y-. The Labute approximate surface area is 191 Å². The molecule has 0 spiro atoms. The van der Waals surface area contributed by atoms with E-state index in [1.807, 2.05) is 31.3 Å². The summed E-state index contributed by atoms with van der Waals surface area (Å²) in [7, 11) is 1.85. The number of nitrogens with zero attached hydrogens (tertiary/aromatic N) is 2. The van der Waals surface area contributed by atoms with Crippen LogP contribution in [-0.2, 0) is 39.8 Å². The van der Waals surface area contributed by atoms with E-state index in [1.165, 1.54) is 12.1 Å². The second-order valence-electron chi connectivity index (χ2n) is 5.72. The van der Waals surface area contributed by atoms with Gasteiger partial charge in [0.1, 0.15) is 5.82 Å². The molecule has 1 radical (unpaired) electrons. The zero-order valence-electron chi connectivity index (χ0n) is 14.9. The molecule has 2 N–H and O–H groups in total. The average molecular weight is 474 g/mol. The van der Waals surface area contributed by atoms with Gasteiger partial charge < -0.3 is 10.6 Å². The minimum absolute atomic E-state index is 0. The fourth-order valence-corrected chi connectivity index (χ4v) is 2.91. The second kappa shape index (κ2) is 9.98. The van der Waals surface area contributed by atoms with Crippen molar-refractivity contribution < 1.29 is 47.2 Å². The Morgan fingerprint density at radius 1 is 1.07 bits per heavy atom. The van der Waals surface area contributed by atoms with Crippen LogP contribution in [-0.4, -0.2) is 15.0 Å². The fourth-order valence-electron chi connectivity index (χ4n) is 2.65. The summed E-state index contributed by atoms with van der Waals surface area (Å²) in [5, 5.41) is 13.5. The molecule has 5 nitrogen and oxygen atoms in total. The summed E-state index contributed by atoms with van der Waals surface area (Å²) < 4.78 is 15.3. The van der Waals surface area contributed by atoms with E-state index in [2.05, 4.69) is 9.99 Å². The van der Waals surface area contributed by atoms with Crippen LogP contribution in [0.15, 0.2) is 66.9 Å². The Balaban J connectivity index is 0.000000264. The van der Waals surface area contributed by atoms with Crippen molar-refractivity contribution in [2.24, 2.45) is 7.05 Å². The average Bonchev–Trinajstić information content (AvgIpc) is 3.07. The fraction of sp³-hybridized carbons (Fsp3) is 0.0500. The van der Waals surface area contributed by atoms with Crippen LogP contribution in [0.4, 0.5) is 10.1 Å². The number of rotatable bonds is 2. The molecule has 0 aliphatic carbocycles. The number of benzene rings is 3. The predicted molar refractivity (Wildman–Crippen MR) is 105 cm³/mol. The van der Waals surface area contributed by atoms with Crippen LogP contribution in [0.3, 0.4) is 0 Å². The van der Waals surface area contributed by atoms with E-state index in [1.54, 1.807) is 35.1 Å². The molecule has 141 valence electrons. The molecular weight excluding hydrogens is 458 g/mol. The summed E-state index contributed by atoms with van der Waals surface area (Å²) in [4.78, 5) is 3.91. The summed E-state index contributed by atoms with van der Waals surface area (Å²) in [6.07, 6.45) is 1.73. The molecule has 4 aromatic rings. The number of aromatic nitrogens is 2. The Morgan fingerprint density at radius 3 is 2.43 bits per heavy atom. The maximum atomic E-state index is 13.6. The molecule has 0 atom stereocenters. The molecule has 0 saturated heterocycles. The second-order valence-corrected chi connectivity index (χ2v) is 6.13. The van der Waals surface area contributed by atoms with Crippen molar-refractivity contribution in [2.45, 2.75) is 0 Å². The summed E-state index contributed by atoms with van der Waals surface area (Å²) in [5.41, 5.74) is 9.55. The first-order valence-corrected chi connectivity index (χ1v) is 8.37. The minimum Gasteiger partial charge on any atom is -0.696 e. The quantitative estimate of drug-likeness (QED) is 0.276. The van der Waals surface area contributed by atoms with Gasteiger partial charge in [-0.25, -0.2) is 9.65 Å². The van der Waals surface area contributed by atoms with E-state index in [0.29, 0.717) is 16.3 Å². The summed E-state index contributed by atoms with van der Waals surface area (Å²) in [6, 6.07) is 17.1. The smallest absolute Gasteiger partial charge is 0.165 e. The van der Waals surface area contributed by atoms with Gasteiger partial charge in [0, 0.05) is 55.7 Å². The van der Waals surface area contributed by atoms with Crippen LogP contribution in [0.25, 0.3) is 27.8 Å². The molecule has 8 heteroatoms. The van der Waals surface area contributed by atoms with E-state index in [9.17, 15) is 4.39 Å². The predicted octanol–water partition coefficient (Wildman–Crippen LogP) is 6.25. The van der Waals surface area contributed by atoms with Crippen LogP contribution in [0.2, 0.25) is 5.02 Å². The molecule has 28 heavy (non-hydrogen) atoms. The first-order valence-electron chi connectivity index (χ1n) is 7.99. The minimum atomic E-state index is -0.583. The SMILES string of the molecule is Cn1ncc2c(-c3cc(F)c([NH-])cc3Cl)cccc21.OOc1ccccc1.[Y]. The molecule has 0 fully saturated rings. The van der Waals surface area contributed by atoms with Crippen molar-refractivity contribution >= 4 is 28.2 Å².